The molecule has 0 saturated heterocycles. The largest absolute Gasteiger partial charge is 0.207 e. The summed E-state index contributed by atoms with van der Waals surface area (Å²) in [6.07, 6.45) is 0. The van der Waals surface area contributed by atoms with Crippen LogP contribution < -0.4 is 0 Å². The second-order valence-corrected chi connectivity index (χ2v) is 22.3. The minimum absolute atomic E-state index is 0.314. The smallest absolute Gasteiger partial charge is 0.0635 e. The SMILES string of the molecule is C[C](C)=[Hf]([Cl])[Cl].Cc1cc(C(C)(C)C)c[cH-]1.Cc1cc(C(C)(C)C)c[cH-]1. The molecule has 0 atom stereocenters. The van der Waals surface area contributed by atoms with Gasteiger partial charge in [-0.1, -0.05) is 66.2 Å². The van der Waals surface area contributed by atoms with E-state index in [9.17, 15) is 0 Å². The molecule has 0 aliphatic heterocycles. The molecule has 0 aromatic heterocycles. The molecular weight excluding hydrogens is 526 g/mol. The number of rotatable bonds is 0. The summed E-state index contributed by atoms with van der Waals surface area (Å²) in [6, 6.07) is 13.2. The molecule has 0 radical (unpaired) electrons. The van der Waals surface area contributed by atoms with Crippen molar-refractivity contribution in [1.82, 2.24) is 0 Å². The Hall–Kier alpha value is 0.0201. The molecule has 0 unspecified atom stereocenters. The number of hydrogen-bond donors (Lipinski definition) is 0. The molecule has 0 spiro atoms. The molecule has 2 aromatic carbocycles. The minimum Gasteiger partial charge on any atom is -0.207 e. The van der Waals surface area contributed by atoms with Gasteiger partial charge >= 0.3 is 52.8 Å². The Morgan fingerprint density at radius 2 is 1.04 bits per heavy atom. The summed E-state index contributed by atoms with van der Waals surface area (Å²) >= 11 is -1.97. The Bertz CT molecular complexity index is 620. The van der Waals surface area contributed by atoms with E-state index in [-0.39, 0.29) is 0 Å². The zero-order valence-electron chi connectivity index (χ0n) is 18.2. The van der Waals surface area contributed by atoms with Crippen LogP contribution in [0.2, 0.25) is 0 Å². The van der Waals surface area contributed by atoms with E-state index < -0.39 is 18.6 Å². The first kappa shape index (κ1) is 26.0. The van der Waals surface area contributed by atoms with Gasteiger partial charge in [-0.3, -0.25) is 0 Å². The van der Waals surface area contributed by atoms with E-state index in [1.165, 1.54) is 25.5 Å². The van der Waals surface area contributed by atoms with Crippen molar-refractivity contribution in [3.8, 4) is 0 Å². The number of halogens is 2. The fourth-order valence-corrected chi connectivity index (χ4v) is 2.06. The fraction of sp³-hybridized carbons (Fsp3) is 0.522. The molecule has 2 rings (SSSR count). The maximum atomic E-state index is 5.55. The zero-order valence-corrected chi connectivity index (χ0v) is 23.3. The van der Waals surface area contributed by atoms with Crippen LogP contribution in [-0.2, 0) is 29.4 Å². The van der Waals surface area contributed by atoms with Gasteiger partial charge in [-0.2, -0.15) is 46.5 Å². The quantitative estimate of drug-likeness (QED) is 0.225. The summed E-state index contributed by atoms with van der Waals surface area (Å²) in [5, 5.41) is 0. The van der Waals surface area contributed by atoms with Crippen molar-refractivity contribution < 1.29 is 18.6 Å². The van der Waals surface area contributed by atoms with Crippen LogP contribution in [0.15, 0.2) is 36.4 Å². The third kappa shape index (κ3) is 11.0. The van der Waals surface area contributed by atoms with Gasteiger partial charge in [0.2, 0.25) is 0 Å². The first-order valence-electron chi connectivity index (χ1n) is 9.10. The van der Waals surface area contributed by atoms with Crippen molar-refractivity contribution in [2.75, 3.05) is 0 Å². The van der Waals surface area contributed by atoms with Gasteiger partial charge < -0.3 is 0 Å². The average Bonchev–Trinajstić information content (AvgIpc) is 3.07. The first-order chi connectivity index (χ1) is 11.6. The van der Waals surface area contributed by atoms with Gasteiger partial charge in [0.05, 0.1) is 0 Å². The summed E-state index contributed by atoms with van der Waals surface area (Å²) in [4.78, 5) is 0. The summed E-state index contributed by atoms with van der Waals surface area (Å²) in [6.45, 7) is 21.7. The maximum absolute atomic E-state index is 5.55. The van der Waals surface area contributed by atoms with E-state index in [0.717, 1.165) is 0 Å². The number of hydrogen-bond acceptors (Lipinski definition) is 0. The van der Waals surface area contributed by atoms with Crippen LogP contribution in [-0.4, -0.2) is 3.26 Å². The first-order valence-corrected chi connectivity index (χ1v) is 19.8. The molecule has 0 amide bonds. The van der Waals surface area contributed by atoms with Gasteiger partial charge in [-0.15, -0.1) is 0 Å². The standard InChI is InChI=1S/2C10H15.C3H6.2ClH.Hf/c2*1-8-5-6-9(7-8)10(2,3)4;1-3-2;;;/h2*5-7H,1-4H3;1-2H3;2*1H;/q2*-1;;;;+2/p-2. The topological polar surface area (TPSA) is 0 Å². The normalized spacial score (nSPS) is 11.1. The molecule has 0 aliphatic rings. The maximum Gasteiger partial charge on any atom is -0.0635 e. The van der Waals surface area contributed by atoms with E-state index >= 15 is 0 Å². The third-order valence-electron chi connectivity index (χ3n) is 3.93. The zero-order chi connectivity index (χ0) is 20.7. The fourth-order valence-electron chi connectivity index (χ4n) is 2.06. The summed E-state index contributed by atoms with van der Waals surface area (Å²) < 4.78 is 1.25. The summed E-state index contributed by atoms with van der Waals surface area (Å²) in [7, 11) is 11.1. The van der Waals surface area contributed by atoms with Gasteiger partial charge in [-0.25, -0.2) is 12.1 Å². The van der Waals surface area contributed by atoms with Crippen molar-refractivity contribution in [3.05, 3.63) is 58.7 Å². The van der Waals surface area contributed by atoms with Crippen molar-refractivity contribution in [2.24, 2.45) is 0 Å². The van der Waals surface area contributed by atoms with Crippen LogP contribution in [0.1, 0.15) is 77.6 Å². The molecule has 0 bridgehead atoms. The Balaban J connectivity index is 0.000000375. The van der Waals surface area contributed by atoms with Gasteiger partial charge in [-0.05, 0) is 0 Å². The molecule has 0 heterocycles. The third-order valence-corrected chi connectivity index (χ3v) is 12.8. The van der Waals surface area contributed by atoms with Crippen molar-refractivity contribution in [1.29, 1.82) is 0 Å². The van der Waals surface area contributed by atoms with Crippen molar-refractivity contribution in [2.45, 2.75) is 80.1 Å². The Kier molecular flexibility index (Phi) is 11.1. The molecular formula is C23H36Cl2Hf-2. The molecule has 0 saturated carbocycles. The van der Waals surface area contributed by atoms with Crippen LogP contribution in [0, 0.1) is 13.8 Å². The van der Waals surface area contributed by atoms with Gasteiger partial charge in [0.15, 0.2) is 0 Å². The van der Waals surface area contributed by atoms with Crippen molar-refractivity contribution >= 4 is 20.4 Å². The molecule has 26 heavy (non-hydrogen) atoms. The molecule has 3 heteroatoms. The van der Waals surface area contributed by atoms with Crippen LogP contribution in [0.5, 0.6) is 0 Å². The van der Waals surface area contributed by atoms with Crippen LogP contribution in [0.3, 0.4) is 0 Å². The Morgan fingerprint density at radius 3 is 1.12 bits per heavy atom. The van der Waals surface area contributed by atoms with E-state index in [4.69, 9.17) is 17.2 Å². The van der Waals surface area contributed by atoms with E-state index in [1.54, 1.807) is 0 Å². The predicted molar refractivity (Wildman–Crippen MR) is 119 cm³/mol. The summed E-state index contributed by atoms with van der Waals surface area (Å²) in [5.41, 5.74) is 6.23. The molecule has 0 aliphatic carbocycles. The molecule has 0 nitrogen and oxygen atoms in total. The van der Waals surface area contributed by atoms with Gasteiger partial charge in [0.1, 0.15) is 0 Å². The number of aryl methyl sites for hydroxylation is 2. The van der Waals surface area contributed by atoms with E-state index in [2.05, 4.69) is 91.8 Å². The van der Waals surface area contributed by atoms with Gasteiger partial charge in [0, 0.05) is 0 Å². The average molecular weight is 562 g/mol. The van der Waals surface area contributed by atoms with Crippen LogP contribution in [0.4, 0.5) is 0 Å². The molecule has 0 fully saturated rings. The van der Waals surface area contributed by atoms with E-state index in [0.29, 0.717) is 10.8 Å². The Labute approximate surface area is 176 Å². The monoisotopic (exact) mass is 562 g/mol. The predicted octanol–water partition coefficient (Wildman–Crippen LogP) is 8.15. The summed E-state index contributed by atoms with van der Waals surface area (Å²) in [5.74, 6) is 0. The van der Waals surface area contributed by atoms with Crippen LogP contribution >= 0.6 is 17.2 Å². The molecule has 0 N–H and O–H groups in total. The second-order valence-electron chi connectivity index (χ2n) is 9.11. The molecule has 2 aromatic rings. The minimum atomic E-state index is -1.97. The van der Waals surface area contributed by atoms with Crippen molar-refractivity contribution in [3.63, 3.8) is 0 Å². The molecule has 148 valence electrons. The second kappa shape index (κ2) is 11.1. The van der Waals surface area contributed by atoms with E-state index in [1.807, 2.05) is 13.8 Å². The Morgan fingerprint density at radius 1 is 0.769 bits per heavy atom. The van der Waals surface area contributed by atoms with Gasteiger partial charge in [0.25, 0.3) is 0 Å². The van der Waals surface area contributed by atoms with Crippen LogP contribution in [0.25, 0.3) is 0 Å².